The van der Waals surface area contributed by atoms with Gasteiger partial charge >= 0.3 is 0 Å². The molecule has 0 spiro atoms. The number of fused-ring (bicyclic) bond motifs is 2. The Kier molecular flexibility index (Phi) is 3.65. The third kappa shape index (κ3) is 2.50. The lowest BCUT2D eigenvalue weighted by molar-refractivity contribution is 0.297. The van der Waals surface area contributed by atoms with Crippen LogP contribution in [0.3, 0.4) is 0 Å². The molecule has 4 rings (SSSR count). The topological polar surface area (TPSA) is 66.2 Å². The van der Waals surface area contributed by atoms with Gasteiger partial charge in [-0.25, -0.2) is 4.98 Å². The van der Waals surface area contributed by atoms with Crippen LogP contribution in [0.1, 0.15) is 24.9 Å². The Bertz CT molecular complexity index is 952. The maximum atomic E-state index is 12.7. The summed E-state index contributed by atoms with van der Waals surface area (Å²) in [5.41, 5.74) is 1.49. The summed E-state index contributed by atoms with van der Waals surface area (Å²) in [6.07, 6.45) is 5.63. The number of hydrogen-bond donors (Lipinski definition) is 0. The van der Waals surface area contributed by atoms with Gasteiger partial charge in [0.1, 0.15) is 0 Å². The van der Waals surface area contributed by atoms with Crippen LogP contribution in [0.15, 0.2) is 47.8 Å². The predicted octanol–water partition coefficient (Wildman–Crippen LogP) is 2.56. The molecule has 24 heavy (non-hydrogen) atoms. The Hall–Kier alpha value is -2.89. The molecule has 3 heterocycles. The molecule has 0 saturated heterocycles. The van der Waals surface area contributed by atoms with Crippen molar-refractivity contribution in [3.05, 3.63) is 58.9 Å². The maximum Gasteiger partial charge on any atom is 0.261 e. The van der Waals surface area contributed by atoms with Gasteiger partial charge in [0.2, 0.25) is 0 Å². The van der Waals surface area contributed by atoms with E-state index in [4.69, 9.17) is 9.47 Å². The monoisotopic (exact) mass is 323 g/mol. The maximum absolute atomic E-state index is 12.7. The van der Waals surface area contributed by atoms with Gasteiger partial charge in [-0.15, -0.1) is 0 Å². The highest BCUT2D eigenvalue weighted by Gasteiger charge is 2.16. The van der Waals surface area contributed by atoms with Gasteiger partial charge in [0, 0.05) is 12.6 Å². The second-order valence-corrected chi connectivity index (χ2v) is 5.78. The standard InChI is InChI=1S/C18H17N3O3/c1-12(13-3-4-16-17(9-13)24-8-2-7-23-16)21-11-20-15-10-19-6-5-14(15)18(21)22/h3-6,9-12H,2,7-8H2,1H3/t12-/m1/s1. The van der Waals surface area contributed by atoms with Gasteiger partial charge in [0.15, 0.2) is 11.5 Å². The van der Waals surface area contributed by atoms with E-state index >= 15 is 0 Å². The van der Waals surface area contributed by atoms with Crippen LogP contribution in [0.5, 0.6) is 11.5 Å². The van der Waals surface area contributed by atoms with Crippen LogP contribution in [0.2, 0.25) is 0 Å². The number of ether oxygens (including phenoxy) is 2. The smallest absolute Gasteiger partial charge is 0.261 e. The third-order valence-electron chi connectivity index (χ3n) is 4.26. The average Bonchev–Trinajstić information content (AvgIpc) is 2.86. The number of benzene rings is 1. The summed E-state index contributed by atoms with van der Waals surface area (Å²) in [6, 6.07) is 7.33. The Morgan fingerprint density at radius 1 is 1.17 bits per heavy atom. The van der Waals surface area contributed by atoms with Gasteiger partial charge in [-0.2, -0.15) is 0 Å². The summed E-state index contributed by atoms with van der Waals surface area (Å²) >= 11 is 0. The van der Waals surface area contributed by atoms with Gasteiger partial charge in [0.25, 0.3) is 5.56 Å². The molecular weight excluding hydrogens is 306 g/mol. The van der Waals surface area contributed by atoms with Crippen molar-refractivity contribution in [1.82, 2.24) is 14.5 Å². The molecule has 1 aliphatic rings. The molecule has 0 saturated carbocycles. The molecule has 6 heteroatoms. The molecule has 0 aliphatic carbocycles. The Morgan fingerprint density at radius 2 is 2.00 bits per heavy atom. The first-order valence-electron chi connectivity index (χ1n) is 7.94. The van der Waals surface area contributed by atoms with Crippen LogP contribution in [0.25, 0.3) is 10.9 Å². The summed E-state index contributed by atoms with van der Waals surface area (Å²) < 4.78 is 13.0. The molecule has 6 nitrogen and oxygen atoms in total. The fourth-order valence-corrected chi connectivity index (χ4v) is 2.86. The van der Waals surface area contributed by atoms with Gasteiger partial charge in [-0.3, -0.25) is 14.3 Å². The first kappa shape index (κ1) is 14.7. The predicted molar refractivity (Wildman–Crippen MR) is 89.7 cm³/mol. The fourth-order valence-electron chi connectivity index (χ4n) is 2.86. The largest absolute Gasteiger partial charge is 0.490 e. The molecule has 0 bridgehead atoms. The lowest BCUT2D eigenvalue weighted by atomic mass is 10.1. The Morgan fingerprint density at radius 3 is 2.88 bits per heavy atom. The van der Waals surface area contributed by atoms with Crippen molar-refractivity contribution in [3.8, 4) is 11.5 Å². The fraction of sp³-hybridized carbons (Fsp3) is 0.278. The summed E-state index contributed by atoms with van der Waals surface area (Å²) in [6.45, 7) is 3.26. The van der Waals surface area contributed by atoms with E-state index < -0.39 is 0 Å². The third-order valence-corrected chi connectivity index (χ3v) is 4.26. The number of pyridine rings is 1. The molecule has 0 radical (unpaired) electrons. The van der Waals surface area contributed by atoms with Crippen molar-refractivity contribution >= 4 is 10.9 Å². The van der Waals surface area contributed by atoms with Crippen LogP contribution >= 0.6 is 0 Å². The minimum atomic E-state index is -0.167. The quantitative estimate of drug-likeness (QED) is 0.725. The molecule has 0 fully saturated rings. The molecule has 1 aromatic carbocycles. The van der Waals surface area contributed by atoms with Gasteiger partial charge < -0.3 is 9.47 Å². The van der Waals surface area contributed by atoms with Gasteiger partial charge in [-0.1, -0.05) is 6.07 Å². The van der Waals surface area contributed by atoms with Crippen molar-refractivity contribution in [2.75, 3.05) is 13.2 Å². The first-order chi connectivity index (χ1) is 11.7. The second kappa shape index (κ2) is 5.96. The van der Waals surface area contributed by atoms with Crippen molar-refractivity contribution in [1.29, 1.82) is 0 Å². The lowest BCUT2D eigenvalue weighted by Crippen LogP contribution is -2.24. The number of aromatic nitrogens is 3. The van der Waals surface area contributed by atoms with Crippen molar-refractivity contribution in [3.63, 3.8) is 0 Å². The van der Waals surface area contributed by atoms with Gasteiger partial charge in [-0.05, 0) is 30.7 Å². The van der Waals surface area contributed by atoms with Crippen molar-refractivity contribution in [2.24, 2.45) is 0 Å². The molecule has 122 valence electrons. The molecular formula is C18H17N3O3. The van der Waals surface area contributed by atoms with E-state index in [1.165, 1.54) is 0 Å². The zero-order chi connectivity index (χ0) is 16.5. The molecule has 0 amide bonds. The van der Waals surface area contributed by atoms with E-state index in [-0.39, 0.29) is 11.6 Å². The minimum absolute atomic E-state index is 0.0815. The van der Waals surface area contributed by atoms with E-state index in [1.54, 1.807) is 29.4 Å². The Balaban J connectivity index is 1.76. The van der Waals surface area contributed by atoms with Crippen molar-refractivity contribution < 1.29 is 9.47 Å². The van der Waals surface area contributed by atoms with E-state index in [9.17, 15) is 4.79 Å². The summed E-state index contributed by atoms with van der Waals surface area (Å²) in [7, 11) is 0. The van der Waals surface area contributed by atoms with Crippen molar-refractivity contribution in [2.45, 2.75) is 19.4 Å². The summed E-state index contributed by atoms with van der Waals surface area (Å²) in [5, 5.41) is 0.564. The zero-order valence-corrected chi connectivity index (χ0v) is 13.3. The molecule has 2 aromatic heterocycles. The second-order valence-electron chi connectivity index (χ2n) is 5.78. The van der Waals surface area contributed by atoms with E-state index in [2.05, 4.69) is 9.97 Å². The average molecular weight is 323 g/mol. The van der Waals surface area contributed by atoms with Crippen LogP contribution in [-0.4, -0.2) is 27.7 Å². The molecule has 3 aromatic rings. The van der Waals surface area contributed by atoms with Crippen LogP contribution in [0.4, 0.5) is 0 Å². The minimum Gasteiger partial charge on any atom is -0.490 e. The first-order valence-corrected chi connectivity index (χ1v) is 7.94. The molecule has 1 aliphatic heterocycles. The van der Waals surface area contributed by atoms with E-state index in [1.807, 2.05) is 25.1 Å². The van der Waals surface area contributed by atoms with Gasteiger partial charge in [0.05, 0.1) is 42.7 Å². The number of rotatable bonds is 2. The van der Waals surface area contributed by atoms with Crippen LogP contribution < -0.4 is 15.0 Å². The molecule has 0 N–H and O–H groups in total. The Labute approximate surface area is 138 Å². The highest BCUT2D eigenvalue weighted by molar-refractivity contribution is 5.75. The van der Waals surface area contributed by atoms with E-state index in [0.29, 0.717) is 24.1 Å². The number of hydrogen-bond acceptors (Lipinski definition) is 5. The lowest BCUT2D eigenvalue weighted by Gasteiger charge is -2.17. The highest BCUT2D eigenvalue weighted by atomic mass is 16.5. The van der Waals surface area contributed by atoms with E-state index in [0.717, 1.165) is 23.5 Å². The molecule has 0 unspecified atom stereocenters. The van der Waals surface area contributed by atoms with Crippen LogP contribution in [-0.2, 0) is 0 Å². The SMILES string of the molecule is C[C@H](c1ccc2c(c1)OCCCO2)n1cnc2cnccc2c1=O. The highest BCUT2D eigenvalue weighted by Crippen LogP contribution is 2.32. The number of nitrogens with zero attached hydrogens (tertiary/aromatic N) is 3. The zero-order valence-electron chi connectivity index (χ0n) is 13.3. The van der Waals surface area contributed by atoms with Crippen LogP contribution in [0, 0.1) is 0 Å². The summed E-state index contributed by atoms with van der Waals surface area (Å²) in [5.74, 6) is 1.47. The summed E-state index contributed by atoms with van der Waals surface area (Å²) in [4.78, 5) is 21.1. The molecule has 1 atom stereocenters. The normalized spacial score (nSPS) is 15.0.